The van der Waals surface area contributed by atoms with Gasteiger partial charge in [0.2, 0.25) is 0 Å². The second kappa shape index (κ2) is 5.00. The molecular formula is C15H17N3O2. The first-order valence-electron chi connectivity index (χ1n) is 6.68. The first kappa shape index (κ1) is 12.7. The molecule has 1 aliphatic heterocycles. The number of H-pyrrole nitrogens is 1. The molecule has 0 bridgehead atoms. The van der Waals surface area contributed by atoms with E-state index in [1.165, 1.54) is 0 Å². The number of nitrogens with zero attached hydrogens (tertiary/aromatic N) is 2. The number of hydrogen-bond acceptors (Lipinski definition) is 3. The maximum absolute atomic E-state index is 12.2. The molecular weight excluding hydrogens is 254 g/mol. The molecule has 2 aromatic rings. The number of aromatic nitrogens is 2. The van der Waals surface area contributed by atoms with Crippen LogP contribution >= 0.6 is 0 Å². The molecule has 0 unspecified atom stereocenters. The van der Waals surface area contributed by atoms with Crippen LogP contribution in [0.2, 0.25) is 0 Å². The predicted octanol–water partition coefficient (Wildman–Crippen LogP) is 2.93. The van der Waals surface area contributed by atoms with E-state index in [-0.39, 0.29) is 12.1 Å². The van der Waals surface area contributed by atoms with Crippen LogP contribution in [0.3, 0.4) is 0 Å². The van der Waals surface area contributed by atoms with E-state index in [2.05, 4.69) is 10.2 Å². The van der Waals surface area contributed by atoms with Crippen molar-refractivity contribution in [1.29, 1.82) is 0 Å². The Morgan fingerprint density at radius 3 is 2.90 bits per heavy atom. The van der Waals surface area contributed by atoms with Gasteiger partial charge in [-0.2, -0.15) is 5.10 Å². The molecule has 0 aliphatic carbocycles. The van der Waals surface area contributed by atoms with Crippen LogP contribution in [0.1, 0.15) is 35.5 Å². The Balaban J connectivity index is 1.65. The third-order valence-corrected chi connectivity index (χ3v) is 3.74. The second-order valence-electron chi connectivity index (χ2n) is 5.06. The van der Waals surface area contributed by atoms with E-state index in [0.717, 1.165) is 22.5 Å². The van der Waals surface area contributed by atoms with Gasteiger partial charge in [-0.15, -0.1) is 0 Å². The molecule has 2 heterocycles. The molecule has 1 atom stereocenters. The van der Waals surface area contributed by atoms with E-state index in [1.54, 1.807) is 4.90 Å². The molecule has 1 N–H and O–H groups in total. The van der Waals surface area contributed by atoms with Crippen LogP contribution < -0.4 is 0 Å². The Bertz CT molecular complexity index is 621. The molecule has 20 heavy (non-hydrogen) atoms. The van der Waals surface area contributed by atoms with Crippen LogP contribution in [-0.4, -0.2) is 21.2 Å². The lowest BCUT2D eigenvalue weighted by atomic mass is 10.2. The molecule has 5 heteroatoms. The molecule has 1 aliphatic rings. The third kappa shape index (κ3) is 2.15. The van der Waals surface area contributed by atoms with Gasteiger partial charge in [0, 0.05) is 11.3 Å². The van der Waals surface area contributed by atoms with Gasteiger partial charge in [-0.3, -0.25) is 10.00 Å². The summed E-state index contributed by atoms with van der Waals surface area (Å²) in [7, 11) is 0. The molecule has 0 radical (unpaired) electrons. The van der Waals surface area contributed by atoms with Crippen LogP contribution in [0.25, 0.3) is 0 Å². The van der Waals surface area contributed by atoms with Crippen molar-refractivity contribution >= 4 is 6.09 Å². The first-order valence-corrected chi connectivity index (χ1v) is 6.68. The fourth-order valence-corrected chi connectivity index (χ4v) is 2.50. The van der Waals surface area contributed by atoms with Crippen LogP contribution in [0.4, 0.5) is 4.79 Å². The van der Waals surface area contributed by atoms with Gasteiger partial charge in [-0.1, -0.05) is 30.3 Å². The van der Waals surface area contributed by atoms with Gasteiger partial charge < -0.3 is 4.74 Å². The van der Waals surface area contributed by atoms with Crippen molar-refractivity contribution in [3.63, 3.8) is 0 Å². The zero-order valence-corrected chi connectivity index (χ0v) is 11.6. The lowest BCUT2D eigenvalue weighted by Gasteiger charge is -2.21. The standard InChI is InChI=1S/C15H17N3O2/c1-10-13-8-18(11(2)14(13)17-16-10)15(19)20-9-12-6-4-3-5-7-12/h3-7,11H,8-9H2,1-2H3,(H,16,17)/t11-/m1/s1. The summed E-state index contributed by atoms with van der Waals surface area (Å²) >= 11 is 0. The van der Waals surface area contributed by atoms with Gasteiger partial charge in [-0.05, 0) is 19.4 Å². The minimum Gasteiger partial charge on any atom is -0.445 e. The lowest BCUT2D eigenvalue weighted by Crippen LogP contribution is -2.29. The van der Waals surface area contributed by atoms with Gasteiger partial charge in [0.1, 0.15) is 6.61 Å². The molecule has 0 saturated heterocycles. The van der Waals surface area contributed by atoms with E-state index in [1.807, 2.05) is 44.2 Å². The highest BCUT2D eigenvalue weighted by Crippen LogP contribution is 2.33. The summed E-state index contributed by atoms with van der Waals surface area (Å²) in [5, 5.41) is 7.21. The molecule has 0 saturated carbocycles. The van der Waals surface area contributed by atoms with Gasteiger partial charge >= 0.3 is 6.09 Å². The van der Waals surface area contributed by atoms with Gasteiger partial charge in [0.25, 0.3) is 0 Å². The van der Waals surface area contributed by atoms with Gasteiger partial charge in [0.15, 0.2) is 0 Å². The number of aryl methyl sites for hydroxylation is 1. The summed E-state index contributed by atoms with van der Waals surface area (Å²) in [6.45, 7) is 4.80. The molecule has 0 fully saturated rings. The molecule has 1 aromatic carbocycles. The highest BCUT2D eigenvalue weighted by molar-refractivity contribution is 5.69. The lowest BCUT2D eigenvalue weighted by molar-refractivity contribution is 0.0852. The van der Waals surface area contributed by atoms with E-state index in [9.17, 15) is 4.79 Å². The van der Waals surface area contributed by atoms with Crippen molar-refractivity contribution in [3.05, 3.63) is 52.8 Å². The number of fused-ring (bicyclic) bond motifs is 1. The fraction of sp³-hybridized carbons (Fsp3) is 0.333. The summed E-state index contributed by atoms with van der Waals surface area (Å²) in [6.07, 6.45) is -0.293. The van der Waals surface area contributed by atoms with Crippen molar-refractivity contribution in [3.8, 4) is 0 Å². The van der Waals surface area contributed by atoms with Gasteiger partial charge in [-0.25, -0.2) is 4.79 Å². The number of benzene rings is 1. The summed E-state index contributed by atoms with van der Waals surface area (Å²) in [4.78, 5) is 13.9. The zero-order chi connectivity index (χ0) is 14.1. The summed E-state index contributed by atoms with van der Waals surface area (Å²) in [5.41, 5.74) is 4.06. The largest absolute Gasteiger partial charge is 0.445 e. The number of hydrogen-bond donors (Lipinski definition) is 1. The average Bonchev–Trinajstić information content (AvgIpc) is 2.99. The number of aromatic amines is 1. The quantitative estimate of drug-likeness (QED) is 0.913. The minimum absolute atomic E-state index is 0.0433. The monoisotopic (exact) mass is 271 g/mol. The smallest absolute Gasteiger partial charge is 0.410 e. The number of amides is 1. The van der Waals surface area contributed by atoms with Crippen LogP contribution in [0.5, 0.6) is 0 Å². The molecule has 0 spiro atoms. The van der Waals surface area contributed by atoms with Crippen molar-refractivity contribution < 1.29 is 9.53 Å². The van der Waals surface area contributed by atoms with Crippen LogP contribution in [0, 0.1) is 6.92 Å². The molecule has 104 valence electrons. The maximum Gasteiger partial charge on any atom is 0.410 e. The topological polar surface area (TPSA) is 58.2 Å². The summed E-state index contributed by atoms with van der Waals surface area (Å²) in [6, 6.07) is 9.64. The Kier molecular flexibility index (Phi) is 3.18. The minimum atomic E-state index is -0.293. The number of rotatable bonds is 2. The third-order valence-electron chi connectivity index (χ3n) is 3.74. The number of ether oxygens (including phenoxy) is 1. The Labute approximate surface area is 117 Å². The van der Waals surface area contributed by atoms with Crippen LogP contribution in [0.15, 0.2) is 30.3 Å². The zero-order valence-electron chi connectivity index (χ0n) is 11.6. The molecule has 1 amide bonds. The SMILES string of the molecule is Cc1[nH]nc2c1CN(C(=O)OCc1ccccc1)[C@@H]2C. The van der Waals surface area contributed by atoms with Gasteiger partial charge in [0.05, 0.1) is 18.3 Å². The van der Waals surface area contributed by atoms with Crippen molar-refractivity contribution in [2.45, 2.75) is 33.0 Å². The van der Waals surface area contributed by atoms with E-state index < -0.39 is 0 Å². The van der Waals surface area contributed by atoms with Crippen molar-refractivity contribution in [2.75, 3.05) is 0 Å². The number of nitrogens with one attached hydrogen (secondary N) is 1. The number of carbonyl (C=O) groups excluding carboxylic acids is 1. The molecule has 1 aromatic heterocycles. The average molecular weight is 271 g/mol. The summed E-state index contributed by atoms with van der Waals surface area (Å²) < 4.78 is 5.37. The van der Waals surface area contributed by atoms with E-state index >= 15 is 0 Å². The normalized spacial score (nSPS) is 17.1. The summed E-state index contributed by atoms with van der Waals surface area (Å²) in [5.74, 6) is 0. The van der Waals surface area contributed by atoms with E-state index in [4.69, 9.17) is 4.74 Å². The van der Waals surface area contributed by atoms with E-state index in [0.29, 0.717) is 13.2 Å². The Hall–Kier alpha value is -2.30. The second-order valence-corrected chi connectivity index (χ2v) is 5.06. The Morgan fingerprint density at radius 1 is 1.45 bits per heavy atom. The highest BCUT2D eigenvalue weighted by Gasteiger charge is 2.34. The Morgan fingerprint density at radius 2 is 2.20 bits per heavy atom. The van der Waals surface area contributed by atoms with Crippen molar-refractivity contribution in [2.24, 2.45) is 0 Å². The highest BCUT2D eigenvalue weighted by atomic mass is 16.6. The fourth-order valence-electron chi connectivity index (χ4n) is 2.50. The molecule has 3 rings (SSSR count). The predicted molar refractivity (Wildman–Crippen MR) is 73.9 cm³/mol. The molecule has 5 nitrogen and oxygen atoms in total. The van der Waals surface area contributed by atoms with Crippen LogP contribution in [-0.2, 0) is 17.9 Å². The maximum atomic E-state index is 12.2. The van der Waals surface area contributed by atoms with Crippen molar-refractivity contribution in [1.82, 2.24) is 15.1 Å². The first-order chi connectivity index (χ1) is 9.66. The number of carbonyl (C=O) groups is 1.